The van der Waals surface area contributed by atoms with Gasteiger partial charge in [0.25, 0.3) is 0 Å². The zero-order valence-electron chi connectivity index (χ0n) is 9.81. The summed E-state index contributed by atoms with van der Waals surface area (Å²) in [5, 5.41) is 8.87. The first-order chi connectivity index (χ1) is 8.27. The van der Waals surface area contributed by atoms with Gasteiger partial charge < -0.3 is 5.11 Å². The van der Waals surface area contributed by atoms with Crippen molar-refractivity contribution >= 4 is 31.7 Å². The molecule has 0 amide bonds. The lowest BCUT2D eigenvalue weighted by molar-refractivity contribution is 0.0696. The Kier molecular flexibility index (Phi) is 4.70. The van der Waals surface area contributed by atoms with E-state index in [9.17, 15) is 13.2 Å². The van der Waals surface area contributed by atoms with Crippen molar-refractivity contribution in [2.45, 2.75) is 18.2 Å². The van der Waals surface area contributed by atoms with Gasteiger partial charge in [0.1, 0.15) is 0 Å². The topological polar surface area (TPSA) is 71.4 Å². The lowest BCUT2D eigenvalue weighted by Gasteiger charge is -2.08. The Morgan fingerprint density at radius 3 is 2.56 bits per heavy atom. The second-order valence-electron chi connectivity index (χ2n) is 3.81. The molecule has 6 heteroatoms. The summed E-state index contributed by atoms with van der Waals surface area (Å²) in [6, 6.07) is 3.93. The van der Waals surface area contributed by atoms with Crippen molar-refractivity contribution in [1.82, 2.24) is 0 Å². The first kappa shape index (κ1) is 14.9. The number of aromatic carboxylic acids is 1. The van der Waals surface area contributed by atoms with E-state index in [1.165, 1.54) is 12.1 Å². The highest BCUT2D eigenvalue weighted by molar-refractivity contribution is 9.10. The molecule has 0 heterocycles. The van der Waals surface area contributed by atoms with Gasteiger partial charge in [-0.3, -0.25) is 0 Å². The monoisotopic (exact) mass is 332 g/mol. The third-order valence-electron chi connectivity index (χ3n) is 2.41. The summed E-state index contributed by atoms with van der Waals surface area (Å²) in [4.78, 5) is 10.8. The van der Waals surface area contributed by atoms with Gasteiger partial charge in [0.15, 0.2) is 9.84 Å². The van der Waals surface area contributed by atoms with Crippen molar-refractivity contribution in [2.75, 3.05) is 5.75 Å². The number of carboxylic acid groups (broad SMARTS) is 1. The Hall–Kier alpha value is -1.14. The summed E-state index contributed by atoms with van der Waals surface area (Å²) in [6.07, 6.45) is 0.565. The lowest BCUT2D eigenvalue weighted by atomic mass is 10.2. The molecule has 0 saturated heterocycles. The standard InChI is InChI=1S/C12H13BrO4S/c1-3-8(2)7-18(16,17)11-6-9(12(14)15)4-5-10(11)13/h4-6H,2-3,7H2,1H3,(H,14,15). The zero-order chi connectivity index (χ0) is 13.9. The fourth-order valence-corrected chi connectivity index (χ4v) is 3.88. The molecule has 1 aromatic rings. The Morgan fingerprint density at radius 1 is 1.44 bits per heavy atom. The number of halogens is 1. The van der Waals surface area contributed by atoms with Crippen molar-refractivity contribution in [1.29, 1.82) is 0 Å². The van der Waals surface area contributed by atoms with E-state index in [1.807, 2.05) is 6.92 Å². The molecule has 0 bridgehead atoms. The first-order valence-electron chi connectivity index (χ1n) is 5.20. The quantitative estimate of drug-likeness (QED) is 0.841. The molecule has 1 N–H and O–H groups in total. The first-order valence-corrected chi connectivity index (χ1v) is 7.64. The van der Waals surface area contributed by atoms with Crippen LogP contribution in [0.3, 0.4) is 0 Å². The SMILES string of the molecule is C=C(CC)CS(=O)(=O)c1cc(C(=O)O)ccc1Br. The number of carboxylic acids is 1. The predicted molar refractivity (Wildman–Crippen MR) is 72.6 cm³/mol. The van der Waals surface area contributed by atoms with E-state index in [-0.39, 0.29) is 16.2 Å². The van der Waals surface area contributed by atoms with Crippen LogP contribution in [0.25, 0.3) is 0 Å². The number of benzene rings is 1. The molecule has 0 saturated carbocycles. The second-order valence-corrected chi connectivity index (χ2v) is 6.63. The fourth-order valence-electron chi connectivity index (χ4n) is 1.32. The van der Waals surface area contributed by atoms with Crippen LogP contribution in [0.1, 0.15) is 23.7 Å². The van der Waals surface area contributed by atoms with Crippen LogP contribution >= 0.6 is 15.9 Å². The number of rotatable bonds is 5. The van der Waals surface area contributed by atoms with Crippen LogP contribution in [0.15, 0.2) is 39.7 Å². The molecule has 0 aliphatic carbocycles. The molecule has 1 rings (SSSR count). The summed E-state index contributed by atoms with van der Waals surface area (Å²) in [6.45, 7) is 5.48. The molecular formula is C12H13BrO4S. The van der Waals surface area contributed by atoms with Gasteiger partial charge in [-0.2, -0.15) is 0 Å². The van der Waals surface area contributed by atoms with E-state index in [0.29, 0.717) is 16.5 Å². The number of hydrogen-bond acceptors (Lipinski definition) is 3. The van der Waals surface area contributed by atoms with Gasteiger partial charge in [0.2, 0.25) is 0 Å². The number of carbonyl (C=O) groups is 1. The van der Waals surface area contributed by atoms with Gasteiger partial charge in [0, 0.05) is 4.47 Å². The molecule has 0 spiro atoms. The van der Waals surface area contributed by atoms with Gasteiger partial charge in [-0.1, -0.05) is 19.1 Å². The van der Waals surface area contributed by atoms with Gasteiger partial charge in [-0.25, -0.2) is 13.2 Å². The molecule has 0 fully saturated rings. The lowest BCUT2D eigenvalue weighted by Crippen LogP contribution is -2.10. The fraction of sp³-hybridized carbons (Fsp3) is 0.250. The van der Waals surface area contributed by atoms with Crippen molar-refractivity contribution in [3.8, 4) is 0 Å². The van der Waals surface area contributed by atoms with Crippen LogP contribution in [0.5, 0.6) is 0 Å². The van der Waals surface area contributed by atoms with Gasteiger partial charge in [-0.15, -0.1) is 0 Å². The summed E-state index contributed by atoms with van der Waals surface area (Å²) < 4.78 is 24.6. The Bertz CT molecular complexity index is 590. The van der Waals surface area contributed by atoms with Crippen LogP contribution < -0.4 is 0 Å². The number of hydrogen-bond donors (Lipinski definition) is 1. The van der Waals surface area contributed by atoms with E-state index in [1.54, 1.807) is 0 Å². The highest BCUT2D eigenvalue weighted by Gasteiger charge is 2.20. The molecule has 0 aliphatic rings. The molecule has 0 aromatic heterocycles. The molecule has 4 nitrogen and oxygen atoms in total. The Labute approximate surface area is 114 Å². The van der Waals surface area contributed by atoms with E-state index in [4.69, 9.17) is 5.11 Å². The van der Waals surface area contributed by atoms with Crippen molar-refractivity contribution in [2.24, 2.45) is 0 Å². The van der Waals surface area contributed by atoms with Crippen molar-refractivity contribution in [3.05, 3.63) is 40.4 Å². The van der Waals surface area contributed by atoms with Crippen LogP contribution in [0, 0.1) is 0 Å². The third-order valence-corrected chi connectivity index (χ3v) is 5.16. The van der Waals surface area contributed by atoms with Gasteiger partial charge in [-0.05, 0) is 40.5 Å². The predicted octanol–water partition coefficient (Wildman–Crippen LogP) is 2.89. The van der Waals surface area contributed by atoms with Gasteiger partial charge >= 0.3 is 5.97 Å². The maximum absolute atomic E-state index is 12.1. The molecular weight excluding hydrogens is 320 g/mol. The summed E-state index contributed by atoms with van der Waals surface area (Å²) >= 11 is 3.13. The molecule has 0 aliphatic heterocycles. The van der Waals surface area contributed by atoms with Crippen molar-refractivity contribution in [3.63, 3.8) is 0 Å². The van der Waals surface area contributed by atoms with E-state index < -0.39 is 15.8 Å². The second kappa shape index (κ2) is 5.67. The third kappa shape index (κ3) is 3.43. The molecule has 0 unspecified atom stereocenters. The summed E-state index contributed by atoms with van der Waals surface area (Å²) in [5.74, 6) is -1.33. The molecule has 18 heavy (non-hydrogen) atoms. The zero-order valence-corrected chi connectivity index (χ0v) is 12.2. The molecule has 1 aromatic carbocycles. The van der Waals surface area contributed by atoms with E-state index >= 15 is 0 Å². The van der Waals surface area contributed by atoms with Crippen LogP contribution in [-0.2, 0) is 9.84 Å². The Balaban J connectivity index is 3.27. The minimum atomic E-state index is -3.57. The summed E-state index contributed by atoms with van der Waals surface area (Å²) in [5.41, 5.74) is 0.529. The Morgan fingerprint density at radius 2 is 2.06 bits per heavy atom. The van der Waals surface area contributed by atoms with E-state index in [2.05, 4.69) is 22.5 Å². The molecule has 0 radical (unpaired) electrons. The normalized spacial score (nSPS) is 11.2. The number of sulfone groups is 1. The van der Waals surface area contributed by atoms with Gasteiger partial charge in [0.05, 0.1) is 16.2 Å². The highest BCUT2D eigenvalue weighted by atomic mass is 79.9. The average Bonchev–Trinajstić information content (AvgIpc) is 2.28. The van der Waals surface area contributed by atoms with Crippen LogP contribution in [0.2, 0.25) is 0 Å². The minimum absolute atomic E-state index is 0.0167. The average molecular weight is 333 g/mol. The summed E-state index contributed by atoms with van der Waals surface area (Å²) in [7, 11) is -3.57. The van der Waals surface area contributed by atoms with Crippen molar-refractivity contribution < 1.29 is 18.3 Å². The van der Waals surface area contributed by atoms with Crippen LogP contribution in [-0.4, -0.2) is 25.2 Å². The van der Waals surface area contributed by atoms with Crippen LogP contribution in [0.4, 0.5) is 0 Å². The molecule has 0 atom stereocenters. The smallest absolute Gasteiger partial charge is 0.335 e. The maximum atomic E-state index is 12.1. The largest absolute Gasteiger partial charge is 0.478 e. The van der Waals surface area contributed by atoms with E-state index in [0.717, 1.165) is 6.07 Å². The maximum Gasteiger partial charge on any atom is 0.335 e. The minimum Gasteiger partial charge on any atom is -0.478 e. The highest BCUT2D eigenvalue weighted by Crippen LogP contribution is 2.25. The molecule has 98 valence electrons.